The number of rotatable bonds is 3. The van der Waals surface area contributed by atoms with Crippen molar-refractivity contribution in [3.05, 3.63) is 69.0 Å². The van der Waals surface area contributed by atoms with Gasteiger partial charge < -0.3 is 4.42 Å². The van der Waals surface area contributed by atoms with Gasteiger partial charge in [0.05, 0.1) is 10.9 Å². The number of nitrogens with one attached hydrogen (secondary N) is 1. The van der Waals surface area contributed by atoms with Crippen LogP contribution in [-0.2, 0) is 4.43 Å². The lowest BCUT2D eigenvalue weighted by Crippen LogP contribution is -2.16. The number of carbonyl (C=O) groups excluding carboxylic acids is 1. The van der Waals surface area contributed by atoms with E-state index in [1.807, 2.05) is 12.1 Å². The van der Waals surface area contributed by atoms with Crippen molar-refractivity contribution in [2.75, 3.05) is 5.32 Å². The number of fused-ring (bicyclic) bond motifs is 1. The summed E-state index contributed by atoms with van der Waals surface area (Å²) >= 11 is 8.03. The molecule has 1 heterocycles. The molecule has 0 aliphatic rings. The molecule has 116 valence electrons. The molecule has 5 nitrogen and oxygen atoms in total. The highest BCUT2D eigenvalue weighted by Gasteiger charge is 2.14. The second-order valence-electron chi connectivity index (χ2n) is 4.71. The Labute approximate surface area is 149 Å². The first-order chi connectivity index (χ1) is 11.1. The summed E-state index contributed by atoms with van der Waals surface area (Å²) in [5, 5.41) is 3.21. The Morgan fingerprint density at radius 1 is 1.26 bits per heavy atom. The number of alkyl halides is 1. The zero-order chi connectivity index (χ0) is 16.4. The second kappa shape index (κ2) is 6.67. The van der Waals surface area contributed by atoms with Gasteiger partial charge >= 0.3 is 11.6 Å². The third-order valence-corrected chi connectivity index (χ3v) is 4.27. The van der Waals surface area contributed by atoms with E-state index in [0.717, 1.165) is 5.56 Å². The Hall–Kier alpha value is -1.93. The number of amides is 1. The number of aromatic nitrogens is 1. The number of anilines is 1. The standard InChI is InChI=1S/C16H10ClIN2O3/c17-10-5-6-13-12(7-10)15(22)23-16(19-13)20-14(21)11-4-2-1-3-9(11)8-18/h1-7H,8H2,(H,19,20,21). The quantitative estimate of drug-likeness (QED) is 0.493. The predicted octanol–water partition coefficient (Wildman–Crippen LogP) is 4.03. The summed E-state index contributed by atoms with van der Waals surface area (Å²) in [5.74, 6) is -0.374. The van der Waals surface area contributed by atoms with Gasteiger partial charge in [0.1, 0.15) is 0 Å². The summed E-state index contributed by atoms with van der Waals surface area (Å²) in [4.78, 5) is 28.5. The molecule has 1 N–H and O–H groups in total. The monoisotopic (exact) mass is 440 g/mol. The maximum absolute atomic E-state index is 12.4. The molecule has 1 amide bonds. The average molecular weight is 441 g/mol. The van der Waals surface area contributed by atoms with E-state index in [0.29, 0.717) is 20.5 Å². The molecule has 0 saturated heterocycles. The topological polar surface area (TPSA) is 72.2 Å². The fourth-order valence-electron chi connectivity index (χ4n) is 2.12. The molecule has 0 fully saturated rings. The first kappa shape index (κ1) is 15.9. The lowest BCUT2D eigenvalue weighted by Gasteiger charge is -2.07. The molecule has 3 aromatic rings. The van der Waals surface area contributed by atoms with E-state index in [1.54, 1.807) is 24.3 Å². The number of halogens is 2. The fourth-order valence-corrected chi connectivity index (χ4v) is 2.96. The Morgan fingerprint density at radius 3 is 2.83 bits per heavy atom. The third kappa shape index (κ3) is 3.37. The van der Waals surface area contributed by atoms with Crippen LogP contribution in [0.1, 0.15) is 15.9 Å². The van der Waals surface area contributed by atoms with Crippen LogP contribution in [0.15, 0.2) is 51.7 Å². The molecule has 3 rings (SSSR count). The van der Waals surface area contributed by atoms with Crippen LogP contribution < -0.4 is 10.9 Å². The van der Waals surface area contributed by atoms with Gasteiger partial charge in [-0.25, -0.2) is 4.79 Å². The number of nitrogens with zero attached hydrogens (tertiary/aromatic N) is 1. The molecular weight excluding hydrogens is 431 g/mol. The smallest absolute Gasteiger partial charge is 0.348 e. The Kier molecular flexibility index (Phi) is 4.63. The van der Waals surface area contributed by atoms with Gasteiger partial charge in [-0.3, -0.25) is 10.1 Å². The number of hydrogen-bond acceptors (Lipinski definition) is 4. The fraction of sp³-hybridized carbons (Fsp3) is 0.0625. The molecule has 2 aromatic carbocycles. The van der Waals surface area contributed by atoms with Gasteiger partial charge in [-0.2, -0.15) is 4.98 Å². The number of hydrogen-bond donors (Lipinski definition) is 1. The van der Waals surface area contributed by atoms with E-state index in [4.69, 9.17) is 16.0 Å². The minimum Gasteiger partial charge on any atom is -0.388 e. The molecular formula is C16H10ClIN2O3. The Morgan fingerprint density at radius 2 is 2.04 bits per heavy atom. The second-order valence-corrected chi connectivity index (χ2v) is 5.91. The Balaban J connectivity index is 1.97. The summed E-state index contributed by atoms with van der Waals surface area (Å²) in [6.07, 6.45) is 0. The van der Waals surface area contributed by atoms with E-state index < -0.39 is 5.63 Å². The minimum atomic E-state index is -0.602. The van der Waals surface area contributed by atoms with Crippen molar-refractivity contribution in [2.24, 2.45) is 0 Å². The molecule has 0 spiro atoms. The number of benzene rings is 2. The third-order valence-electron chi connectivity index (χ3n) is 3.22. The van der Waals surface area contributed by atoms with E-state index in [9.17, 15) is 9.59 Å². The minimum absolute atomic E-state index is 0.141. The summed E-state index contributed by atoms with van der Waals surface area (Å²) < 4.78 is 5.74. The highest BCUT2D eigenvalue weighted by atomic mass is 127. The van der Waals surface area contributed by atoms with Gasteiger partial charge in [-0.05, 0) is 29.8 Å². The van der Waals surface area contributed by atoms with Crippen LogP contribution in [0.25, 0.3) is 10.9 Å². The molecule has 0 unspecified atom stereocenters. The van der Waals surface area contributed by atoms with Crippen molar-refractivity contribution in [1.82, 2.24) is 4.98 Å². The SMILES string of the molecule is O=C(Nc1nc2ccc(Cl)cc2c(=O)o1)c1ccccc1CI. The molecule has 0 aliphatic heterocycles. The summed E-state index contributed by atoms with van der Waals surface area (Å²) in [6, 6.07) is 11.8. The van der Waals surface area contributed by atoms with Gasteiger partial charge in [-0.1, -0.05) is 52.4 Å². The molecule has 0 atom stereocenters. The van der Waals surface area contributed by atoms with Gasteiger partial charge in [-0.15, -0.1) is 0 Å². The molecule has 1 aromatic heterocycles. The normalized spacial score (nSPS) is 10.7. The van der Waals surface area contributed by atoms with Gasteiger partial charge in [0, 0.05) is 15.0 Å². The molecule has 0 bridgehead atoms. The van der Waals surface area contributed by atoms with E-state index >= 15 is 0 Å². The van der Waals surface area contributed by atoms with Crippen LogP contribution >= 0.6 is 34.2 Å². The first-order valence-electron chi connectivity index (χ1n) is 6.64. The maximum atomic E-state index is 12.4. The van der Waals surface area contributed by atoms with Crippen molar-refractivity contribution in [2.45, 2.75) is 4.43 Å². The van der Waals surface area contributed by atoms with Crippen LogP contribution in [0, 0.1) is 0 Å². The van der Waals surface area contributed by atoms with E-state index in [1.165, 1.54) is 6.07 Å². The highest BCUT2D eigenvalue weighted by Crippen LogP contribution is 2.18. The van der Waals surface area contributed by atoms with Gasteiger partial charge in [0.15, 0.2) is 0 Å². The van der Waals surface area contributed by atoms with Gasteiger partial charge in [0.25, 0.3) is 5.91 Å². The molecule has 23 heavy (non-hydrogen) atoms. The molecule has 7 heteroatoms. The van der Waals surface area contributed by atoms with Crippen LogP contribution in [0.4, 0.5) is 6.01 Å². The van der Waals surface area contributed by atoms with Gasteiger partial charge in [0.2, 0.25) is 0 Å². The molecule has 0 radical (unpaired) electrons. The summed E-state index contributed by atoms with van der Waals surface area (Å²) in [7, 11) is 0. The average Bonchev–Trinajstić information content (AvgIpc) is 2.55. The largest absolute Gasteiger partial charge is 0.388 e. The van der Waals surface area contributed by atoms with Crippen molar-refractivity contribution in [3.63, 3.8) is 0 Å². The van der Waals surface area contributed by atoms with Crippen molar-refractivity contribution < 1.29 is 9.21 Å². The molecule has 0 aliphatic carbocycles. The zero-order valence-electron chi connectivity index (χ0n) is 11.7. The summed E-state index contributed by atoms with van der Waals surface area (Å²) in [6.45, 7) is 0. The van der Waals surface area contributed by atoms with Crippen LogP contribution in [0.3, 0.4) is 0 Å². The van der Waals surface area contributed by atoms with Crippen LogP contribution in [0.5, 0.6) is 0 Å². The molecule has 0 saturated carbocycles. The lowest BCUT2D eigenvalue weighted by molar-refractivity contribution is 0.102. The van der Waals surface area contributed by atoms with Crippen LogP contribution in [0.2, 0.25) is 5.02 Å². The maximum Gasteiger partial charge on any atom is 0.348 e. The van der Waals surface area contributed by atoms with Crippen LogP contribution in [-0.4, -0.2) is 10.9 Å². The highest BCUT2D eigenvalue weighted by molar-refractivity contribution is 14.1. The first-order valence-corrected chi connectivity index (χ1v) is 8.54. The zero-order valence-corrected chi connectivity index (χ0v) is 14.6. The van der Waals surface area contributed by atoms with Crippen molar-refractivity contribution in [1.29, 1.82) is 0 Å². The van der Waals surface area contributed by atoms with E-state index in [-0.39, 0.29) is 17.3 Å². The van der Waals surface area contributed by atoms with E-state index in [2.05, 4.69) is 32.9 Å². The number of carbonyl (C=O) groups is 1. The van der Waals surface area contributed by atoms with Crippen molar-refractivity contribution >= 4 is 57.0 Å². The summed E-state index contributed by atoms with van der Waals surface area (Å²) in [5.41, 5.74) is 1.21. The predicted molar refractivity (Wildman–Crippen MR) is 97.4 cm³/mol. The lowest BCUT2D eigenvalue weighted by atomic mass is 10.1. The van der Waals surface area contributed by atoms with Crippen molar-refractivity contribution in [3.8, 4) is 0 Å². The Bertz CT molecular complexity index is 955.